The van der Waals surface area contributed by atoms with Crippen LogP contribution in [-0.4, -0.2) is 45.9 Å². The number of hydrogen-bond acceptors (Lipinski definition) is 4. The van der Waals surface area contributed by atoms with Crippen molar-refractivity contribution in [2.45, 2.75) is 19.4 Å². The van der Waals surface area contributed by atoms with Crippen LogP contribution in [0.4, 0.5) is 0 Å². The van der Waals surface area contributed by atoms with Gasteiger partial charge in [0, 0.05) is 43.4 Å². The first-order chi connectivity index (χ1) is 8.74. The van der Waals surface area contributed by atoms with E-state index in [1.165, 1.54) is 0 Å². The first kappa shape index (κ1) is 11.7. The van der Waals surface area contributed by atoms with Gasteiger partial charge < -0.3 is 10.2 Å². The third-order valence-corrected chi connectivity index (χ3v) is 4.07. The van der Waals surface area contributed by atoms with Gasteiger partial charge >= 0.3 is 0 Å². The monoisotopic (exact) mass is 264 g/mol. The average Bonchev–Trinajstić information content (AvgIpc) is 2.90. The molecule has 2 aromatic heterocycles. The highest BCUT2D eigenvalue weighted by molar-refractivity contribution is 7.15. The molecule has 1 fully saturated rings. The zero-order valence-electron chi connectivity index (χ0n) is 10.3. The van der Waals surface area contributed by atoms with Gasteiger partial charge in [-0.25, -0.2) is 4.98 Å². The Hall–Kier alpha value is -1.40. The molecular formula is C12H16N4OS. The van der Waals surface area contributed by atoms with Crippen molar-refractivity contribution in [1.29, 1.82) is 0 Å². The summed E-state index contributed by atoms with van der Waals surface area (Å²) < 4.78 is 1.97. The Balaban J connectivity index is 1.71. The minimum absolute atomic E-state index is 0.176. The van der Waals surface area contributed by atoms with Crippen LogP contribution in [0.3, 0.4) is 0 Å². The van der Waals surface area contributed by atoms with Crippen LogP contribution in [0.25, 0.3) is 4.96 Å². The number of nitrogens with one attached hydrogen (secondary N) is 1. The van der Waals surface area contributed by atoms with Gasteiger partial charge in [0.1, 0.15) is 0 Å². The molecule has 0 unspecified atom stereocenters. The molecule has 0 aliphatic carbocycles. The lowest BCUT2D eigenvalue weighted by molar-refractivity contribution is -0.133. The Labute approximate surface area is 109 Å². The van der Waals surface area contributed by atoms with Gasteiger partial charge in [0.25, 0.3) is 0 Å². The van der Waals surface area contributed by atoms with E-state index >= 15 is 0 Å². The van der Waals surface area contributed by atoms with Crippen LogP contribution >= 0.6 is 11.3 Å². The van der Waals surface area contributed by atoms with Gasteiger partial charge in [-0.1, -0.05) is 0 Å². The normalized spacial score (nSPS) is 20.5. The lowest BCUT2D eigenvalue weighted by atomic mass is 10.2. The van der Waals surface area contributed by atoms with Crippen LogP contribution in [-0.2, 0) is 11.2 Å². The maximum Gasteiger partial charge on any atom is 0.228 e. The van der Waals surface area contributed by atoms with E-state index in [4.69, 9.17) is 0 Å². The van der Waals surface area contributed by atoms with Crippen molar-refractivity contribution < 1.29 is 4.79 Å². The Morgan fingerprint density at radius 2 is 2.56 bits per heavy atom. The van der Waals surface area contributed by atoms with E-state index in [9.17, 15) is 4.79 Å². The van der Waals surface area contributed by atoms with Gasteiger partial charge in [-0.15, -0.1) is 11.3 Å². The van der Waals surface area contributed by atoms with Gasteiger partial charge in [-0.3, -0.25) is 9.20 Å². The second-order valence-electron chi connectivity index (χ2n) is 4.64. The second kappa shape index (κ2) is 4.70. The number of fused-ring (bicyclic) bond motifs is 1. The smallest absolute Gasteiger partial charge is 0.228 e. The van der Waals surface area contributed by atoms with Gasteiger partial charge in [0.2, 0.25) is 5.91 Å². The van der Waals surface area contributed by atoms with Crippen molar-refractivity contribution in [2.24, 2.45) is 0 Å². The molecule has 96 valence electrons. The Morgan fingerprint density at radius 3 is 3.33 bits per heavy atom. The largest absolute Gasteiger partial charge is 0.337 e. The molecule has 1 atom stereocenters. The van der Waals surface area contributed by atoms with Crippen LogP contribution in [0.1, 0.15) is 12.6 Å². The second-order valence-corrected chi connectivity index (χ2v) is 5.52. The molecule has 5 nitrogen and oxygen atoms in total. The molecule has 0 radical (unpaired) electrons. The lowest BCUT2D eigenvalue weighted by Gasteiger charge is -2.33. The molecule has 1 amide bonds. The van der Waals surface area contributed by atoms with Crippen molar-refractivity contribution in [3.63, 3.8) is 0 Å². The minimum atomic E-state index is 0.176. The summed E-state index contributed by atoms with van der Waals surface area (Å²) in [5.41, 5.74) is 0.859. The van der Waals surface area contributed by atoms with E-state index in [1.54, 1.807) is 11.3 Å². The van der Waals surface area contributed by atoms with E-state index in [2.05, 4.69) is 17.2 Å². The van der Waals surface area contributed by atoms with Crippen LogP contribution in [0.5, 0.6) is 0 Å². The van der Waals surface area contributed by atoms with Crippen molar-refractivity contribution in [2.75, 3.05) is 19.6 Å². The van der Waals surface area contributed by atoms with Crippen LogP contribution in [0.2, 0.25) is 0 Å². The fourth-order valence-electron chi connectivity index (χ4n) is 2.33. The molecule has 3 heterocycles. The highest BCUT2D eigenvalue weighted by Gasteiger charge is 2.23. The van der Waals surface area contributed by atoms with Crippen molar-refractivity contribution >= 4 is 22.2 Å². The van der Waals surface area contributed by atoms with Crippen molar-refractivity contribution in [3.05, 3.63) is 23.5 Å². The fourth-order valence-corrected chi connectivity index (χ4v) is 3.05. The third-order valence-electron chi connectivity index (χ3n) is 3.30. The molecule has 1 aliphatic heterocycles. The highest BCUT2D eigenvalue weighted by Crippen LogP contribution is 2.13. The number of carbonyl (C=O) groups excluding carboxylic acids is 1. The number of aromatic nitrogens is 2. The summed E-state index contributed by atoms with van der Waals surface area (Å²) in [6.45, 7) is 4.64. The number of hydrogen-bond donors (Lipinski definition) is 1. The molecule has 3 rings (SSSR count). The average molecular weight is 264 g/mol. The minimum Gasteiger partial charge on any atom is -0.337 e. The number of amides is 1. The SMILES string of the molecule is C[C@@H]1CNCCN1C(=O)Cc1cn2ccsc2n1. The number of thiazole rings is 1. The zero-order chi connectivity index (χ0) is 12.5. The zero-order valence-corrected chi connectivity index (χ0v) is 11.1. The summed E-state index contributed by atoms with van der Waals surface area (Å²) in [5.74, 6) is 0.176. The molecule has 2 aromatic rings. The molecule has 18 heavy (non-hydrogen) atoms. The number of rotatable bonds is 2. The van der Waals surface area contributed by atoms with E-state index in [-0.39, 0.29) is 11.9 Å². The third kappa shape index (κ3) is 2.13. The maximum atomic E-state index is 12.2. The predicted octanol–water partition coefficient (Wildman–Crippen LogP) is 0.759. The standard InChI is InChI=1S/C12H16N4OS/c1-9-7-13-2-3-16(9)11(17)6-10-8-15-4-5-18-12(15)14-10/h4-5,8-9,13H,2-3,6-7H2,1H3/t9-/m1/s1. The summed E-state index contributed by atoms with van der Waals surface area (Å²) in [7, 11) is 0. The number of carbonyl (C=O) groups is 1. The van der Waals surface area contributed by atoms with E-state index in [0.29, 0.717) is 6.42 Å². The van der Waals surface area contributed by atoms with Crippen molar-refractivity contribution in [3.8, 4) is 0 Å². The molecule has 0 spiro atoms. The number of piperazine rings is 1. The molecule has 0 bridgehead atoms. The molecule has 1 N–H and O–H groups in total. The van der Waals surface area contributed by atoms with E-state index < -0.39 is 0 Å². The van der Waals surface area contributed by atoms with Gasteiger partial charge in [-0.2, -0.15) is 0 Å². The maximum absolute atomic E-state index is 12.2. The van der Waals surface area contributed by atoms with Crippen LogP contribution in [0.15, 0.2) is 17.8 Å². The predicted molar refractivity (Wildman–Crippen MR) is 70.8 cm³/mol. The summed E-state index contributed by atoms with van der Waals surface area (Å²) >= 11 is 1.59. The Kier molecular flexibility index (Phi) is 3.05. The highest BCUT2D eigenvalue weighted by atomic mass is 32.1. The lowest BCUT2D eigenvalue weighted by Crippen LogP contribution is -2.52. The topological polar surface area (TPSA) is 49.6 Å². The Morgan fingerprint density at radius 1 is 1.67 bits per heavy atom. The molecule has 0 aromatic carbocycles. The summed E-state index contributed by atoms with van der Waals surface area (Å²) in [6, 6.07) is 0.273. The quantitative estimate of drug-likeness (QED) is 0.871. The molecular weight excluding hydrogens is 248 g/mol. The first-order valence-corrected chi connectivity index (χ1v) is 7.03. The first-order valence-electron chi connectivity index (χ1n) is 6.15. The van der Waals surface area contributed by atoms with Crippen LogP contribution in [0, 0.1) is 0 Å². The van der Waals surface area contributed by atoms with Crippen LogP contribution < -0.4 is 5.32 Å². The van der Waals surface area contributed by atoms with E-state index in [1.807, 2.05) is 27.1 Å². The van der Waals surface area contributed by atoms with Crippen molar-refractivity contribution in [1.82, 2.24) is 19.6 Å². The molecule has 1 aliphatic rings. The van der Waals surface area contributed by atoms with Gasteiger partial charge in [0.05, 0.1) is 12.1 Å². The summed E-state index contributed by atoms with van der Waals surface area (Å²) in [4.78, 5) is 19.6. The summed E-state index contributed by atoms with van der Waals surface area (Å²) in [6.07, 6.45) is 4.31. The summed E-state index contributed by atoms with van der Waals surface area (Å²) in [5, 5.41) is 5.28. The number of nitrogens with zero attached hydrogens (tertiary/aromatic N) is 3. The van der Waals surface area contributed by atoms with Gasteiger partial charge in [0.15, 0.2) is 4.96 Å². The van der Waals surface area contributed by atoms with E-state index in [0.717, 1.165) is 30.3 Å². The van der Waals surface area contributed by atoms with Gasteiger partial charge in [-0.05, 0) is 6.92 Å². The fraction of sp³-hybridized carbons (Fsp3) is 0.500. The molecule has 6 heteroatoms. The molecule has 1 saturated heterocycles. The number of imidazole rings is 1. The Bertz CT molecular complexity index is 533. The molecule has 0 saturated carbocycles.